The molecule has 0 aliphatic heterocycles. The Morgan fingerprint density at radius 1 is 0.814 bits per heavy atom. The van der Waals surface area contributed by atoms with Crippen LogP contribution in [0.1, 0.15) is 22.8 Å². The van der Waals surface area contributed by atoms with Crippen molar-refractivity contribution in [2.24, 2.45) is 0 Å². The van der Waals surface area contributed by atoms with E-state index in [9.17, 15) is 31.9 Å². The Balaban J connectivity index is 1.45. The molecule has 6 nitrogen and oxygen atoms in total. The van der Waals surface area contributed by atoms with Gasteiger partial charge in [-0.05, 0) is 67.1 Å². The number of benzene rings is 4. The number of carbonyl (C=O) groups is 3. The number of halogens is 5. The van der Waals surface area contributed by atoms with Crippen LogP contribution in [0.25, 0.3) is 6.08 Å². The molecule has 1 atom stereocenters. The maximum absolute atomic E-state index is 13.9. The van der Waals surface area contributed by atoms with Crippen LogP contribution in [0.5, 0.6) is 0 Å². The van der Waals surface area contributed by atoms with Gasteiger partial charge in [0, 0.05) is 26.7 Å². The van der Waals surface area contributed by atoms with Crippen molar-refractivity contribution in [3.63, 3.8) is 0 Å². The molecule has 0 saturated heterocycles. The molecule has 0 bridgehead atoms. The minimum atomic E-state index is -1.71. The number of carbonyl (C=O) groups excluding carboxylic acids is 3. The van der Waals surface area contributed by atoms with E-state index >= 15 is 0 Å². The van der Waals surface area contributed by atoms with Crippen LogP contribution in [0, 0.1) is 23.3 Å². The number of thioether (sulfide) groups is 1. The number of amides is 3. The first-order valence-electron chi connectivity index (χ1n) is 12.6. The maximum atomic E-state index is 13.9. The molecule has 4 aromatic carbocycles. The second-order valence-electron chi connectivity index (χ2n) is 9.00. The standard InChI is InChI=1S/C31H22BrF4N3O3S/c1-17(29(40)39-28-26(35)23(33)16-24(34)27(28)36)43-22-12-10-21(11-13-22)37-31(42)25(15-18-6-5-9-20(32)14-18)38-30(41)19-7-3-2-4-8-19/h2-17H,1H3,(H,37,42)(H,38,41)(H,39,40)/b25-15-. The third-order valence-electron chi connectivity index (χ3n) is 5.84. The van der Waals surface area contributed by atoms with Gasteiger partial charge in [0.15, 0.2) is 23.3 Å². The van der Waals surface area contributed by atoms with Crippen LogP contribution in [0.4, 0.5) is 28.9 Å². The number of hydrogen-bond donors (Lipinski definition) is 3. The van der Waals surface area contributed by atoms with Gasteiger partial charge in [0.1, 0.15) is 11.4 Å². The fourth-order valence-corrected chi connectivity index (χ4v) is 4.97. The lowest BCUT2D eigenvalue weighted by molar-refractivity contribution is -0.115. The van der Waals surface area contributed by atoms with Crippen molar-refractivity contribution >= 4 is 62.9 Å². The lowest BCUT2D eigenvalue weighted by atomic mass is 10.1. The number of anilines is 2. The van der Waals surface area contributed by atoms with Gasteiger partial charge in [0.05, 0.1) is 5.25 Å². The predicted octanol–water partition coefficient (Wildman–Crippen LogP) is 7.53. The van der Waals surface area contributed by atoms with Gasteiger partial charge in [-0.1, -0.05) is 46.3 Å². The molecule has 4 rings (SSSR count). The average Bonchev–Trinajstić information content (AvgIpc) is 2.99. The first-order chi connectivity index (χ1) is 20.5. The Hall–Kier alpha value is -4.42. The maximum Gasteiger partial charge on any atom is 0.272 e. The van der Waals surface area contributed by atoms with E-state index in [-0.39, 0.29) is 11.8 Å². The van der Waals surface area contributed by atoms with Crippen LogP contribution in [0.2, 0.25) is 0 Å². The first-order valence-corrected chi connectivity index (χ1v) is 14.2. The van der Waals surface area contributed by atoms with Crippen LogP contribution >= 0.6 is 27.7 Å². The molecule has 0 radical (unpaired) electrons. The molecule has 3 amide bonds. The van der Waals surface area contributed by atoms with Gasteiger partial charge in [0.25, 0.3) is 11.8 Å². The zero-order valence-electron chi connectivity index (χ0n) is 22.3. The minimum absolute atomic E-state index is 0.0102. The Labute approximate surface area is 256 Å². The molecule has 43 heavy (non-hydrogen) atoms. The van der Waals surface area contributed by atoms with Crippen molar-refractivity contribution in [3.8, 4) is 0 Å². The summed E-state index contributed by atoms with van der Waals surface area (Å²) >= 11 is 4.39. The normalized spacial score (nSPS) is 11.9. The first kappa shape index (κ1) is 31.5. The topological polar surface area (TPSA) is 87.3 Å². The van der Waals surface area contributed by atoms with E-state index in [1.165, 1.54) is 13.0 Å². The second kappa shape index (κ2) is 14.2. The number of nitrogens with one attached hydrogen (secondary N) is 3. The van der Waals surface area contributed by atoms with E-state index < -0.39 is 51.9 Å². The Morgan fingerprint density at radius 2 is 1.47 bits per heavy atom. The summed E-state index contributed by atoms with van der Waals surface area (Å²) < 4.78 is 55.6. The summed E-state index contributed by atoms with van der Waals surface area (Å²) in [6, 6.07) is 21.9. The Kier molecular flexibility index (Phi) is 10.4. The van der Waals surface area contributed by atoms with Crippen LogP contribution in [0.15, 0.2) is 100.0 Å². The smallest absolute Gasteiger partial charge is 0.272 e. The molecule has 0 fully saturated rings. The molecule has 0 saturated carbocycles. The summed E-state index contributed by atoms with van der Waals surface area (Å²) in [6.45, 7) is 1.44. The highest BCUT2D eigenvalue weighted by atomic mass is 79.9. The fourth-order valence-electron chi connectivity index (χ4n) is 3.69. The molecule has 220 valence electrons. The van der Waals surface area contributed by atoms with E-state index in [0.29, 0.717) is 21.7 Å². The summed E-state index contributed by atoms with van der Waals surface area (Å²) in [5.41, 5.74) is 0.179. The lowest BCUT2D eigenvalue weighted by Crippen LogP contribution is -2.30. The van der Waals surface area contributed by atoms with Crippen molar-refractivity contribution < 1.29 is 31.9 Å². The van der Waals surface area contributed by atoms with Crippen molar-refractivity contribution in [3.05, 3.63) is 129 Å². The van der Waals surface area contributed by atoms with Gasteiger partial charge in [-0.3, -0.25) is 14.4 Å². The van der Waals surface area contributed by atoms with Gasteiger partial charge in [-0.2, -0.15) is 0 Å². The Morgan fingerprint density at radius 3 is 2.09 bits per heavy atom. The number of rotatable bonds is 9. The van der Waals surface area contributed by atoms with Crippen molar-refractivity contribution in [2.45, 2.75) is 17.1 Å². The molecule has 0 aromatic heterocycles. The van der Waals surface area contributed by atoms with Crippen molar-refractivity contribution in [2.75, 3.05) is 10.6 Å². The summed E-state index contributed by atoms with van der Waals surface area (Å²) in [5, 5.41) is 6.34. The van der Waals surface area contributed by atoms with Gasteiger partial charge < -0.3 is 16.0 Å². The van der Waals surface area contributed by atoms with E-state index in [4.69, 9.17) is 0 Å². The largest absolute Gasteiger partial charge is 0.321 e. The second-order valence-corrected chi connectivity index (χ2v) is 11.3. The molecular weight excluding hydrogens is 650 g/mol. The monoisotopic (exact) mass is 671 g/mol. The highest BCUT2D eigenvalue weighted by Crippen LogP contribution is 2.28. The van der Waals surface area contributed by atoms with Gasteiger partial charge >= 0.3 is 0 Å². The molecule has 1 unspecified atom stereocenters. The van der Waals surface area contributed by atoms with E-state index in [0.717, 1.165) is 16.2 Å². The molecule has 12 heteroatoms. The molecule has 0 heterocycles. The quantitative estimate of drug-likeness (QED) is 0.0743. The Bertz CT molecular complexity index is 1680. The van der Waals surface area contributed by atoms with Crippen LogP contribution in [0.3, 0.4) is 0 Å². The third-order valence-corrected chi connectivity index (χ3v) is 7.45. The average molecular weight is 672 g/mol. The molecular formula is C31H22BrF4N3O3S. The summed E-state index contributed by atoms with van der Waals surface area (Å²) in [7, 11) is 0. The third kappa shape index (κ3) is 8.33. The van der Waals surface area contributed by atoms with Gasteiger partial charge in [0.2, 0.25) is 5.91 Å². The predicted molar refractivity (Wildman–Crippen MR) is 161 cm³/mol. The SMILES string of the molecule is CC(Sc1ccc(NC(=O)/C(=C/c2cccc(Br)c2)NC(=O)c2ccccc2)cc1)C(=O)Nc1c(F)c(F)cc(F)c1F. The molecule has 3 N–H and O–H groups in total. The molecule has 0 aliphatic rings. The van der Waals surface area contributed by atoms with Crippen molar-refractivity contribution in [1.29, 1.82) is 0 Å². The van der Waals surface area contributed by atoms with Gasteiger partial charge in [-0.25, -0.2) is 17.6 Å². The zero-order valence-corrected chi connectivity index (χ0v) is 24.7. The number of hydrogen-bond acceptors (Lipinski definition) is 4. The van der Waals surface area contributed by atoms with E-state index in [1.54, 1.807) is 72.8 Å². The van der Waals surface area contributed by atoms with E-state index in [1.807, 2.05) is 11.4 Å². The minimum Gasteiger partial charge on any atom is -0.321 e. The van der Waals surface area contributed by atoms with Crippen LogP contribution in [-0.4, -0.2) is 23.0 Å². The molecule has 4 aromatic rings. The fraction of sp³-hybridized carbons (Fsp3) is 0.0645. The van der Waals surface area contributed by atoms with Crippen molar-refractivity contribution in [1.82, 2.24) is 5.32 Å². The van der Waals surface area contributed by atoms with Gasteiger partial charge in [-0.15, -0.1) is 11.8 Å². The van der Waals surface area contributed by atoms with E-state index in [2.05, 4.69) is 26.6 Å². The summed E-state index contributed by atoms with van der Waals surface area (Å²) in [6.07, 6.45) is 1.53. The zero-order chi connectivity index (χ0) is 31.1. The van der Waals surface area contributed by atoms with Crippen LogP contribution in [-0.2, 0) is 9.59 Å². The lowest BCUT2D eigenvalue weighted by Gasteiger charge is -2.14. The molecule has 0 spiro atoms. The van der Waals surface area contributed by atoms with Crippen LogP contribution < -0.4 is 16.0 Å². The highest BCUT2D eigenvalue weighted by molar-refractivity contribution is 9.10. The summed E-state index contributed by atoms with van der Waals surface area (Å²) in [4.78, 5) is 39.1. The highest BCUT2D eigenvalue weighted by Gasteiger charge is 2.23. The molecule has 0 aliphatic carbocycles. The summed E-state index contributed by atoms with van der Waals surface area (Å²) in [5.74, 6) is -8.65.